The van der Waals surface area contributed by atoms with Gasteiger partial charge < -0.3 is 44.2 Å². The van der Waals surface area contributed by atoms with Crippen LogP contribution in [0.3, 0.4) is 0 Å². The molecule has 2 aromatic carbocycles. The number of thioether (sulfide) groups is 1. The molecular formula is C51H65N7O9S2. The van der Waals surface area contributed by atoms with Crippen molar-refractivity contribution in [2.75, 3.05) is 77.0 Å². The van der Waals surface area contributed by atoms with Crippen molar-refractivity contribution in [1.29, 1.82) is 0 Å². The SMILES string of the molecule is C=C1CCC(N2C(=O)c3cccc(NCCOCCOCCOCCN(C)C/C=C/C(=O)Cc4ccc(OC5CCC[C@@H](Nc6ncc(SCc7ncc(C(C)(C)C)o7)s6)C5)cc4)c3C2=O)C(=O)N1. The van der Waals surface area contributed by atoms with E-state index in [-0.39, 0.29) is 34.5 Å². The first-order valence-electron chi connectivity index (χ1n) is 23.7. The molecule has 2 aromatic heterocycles. The van der Waals surface area contributed by atoms with Crippen LogP contribution in [0.4, 0.5) is 10.8 Å². The Morgan fingerprint density at radius 3 is 2.51 bits per heavy atom. The van der Waals surface area contributed by atoms with Crippen molar-refractivity contribution in [2.45, 2.75) is 99.3 Å². The van der Waals surface area contributed by atoms with E-state index in [1.165, 1.54) is 0 Å². The second kappa shape index (κ2) is 25.0. The van der Waals surface area contributed by atoms with Crippen LogP contribution >= 0.6 is 23.1 Å². The van der Waals surface area contributed by atoms with Gasteiger partial charge in [-0.25, -0.2) is 9.97 Å². The summed E-state index contributed by atoms with van der Waals surface area (Å²) in [4.78, 5) is 63.9. The van der Waals surface area contributed by atoms with E-state index < -0.39 is 23.8 Å². The number of nitrogens with one attached hydrogen (secondary N) is 3. The Bertz CT molecular complexity index is 2410. The minimum absolute atomic E-state index is 0.0444. The zero-order chi connectivity index (χ0) is 48.8. The van der Waals surface area contributed by atoms with Gasteiger partial charge in [0.25, 0.3) is 11.8 Å². The number of amides is 3. The van der Waals surface area contributed by atoms with Crippen LogP contribution in [0.2, 0.25) is 0 Å². The molecule has 4 heterocycles. The topological polar surface area (TPSA) is 187 Å². The third kappa shape index (κ3) is 15.1. The molecule has 1 saturated carbocycles. The number of piperidine rings is 1. The molecule has 3 amide bonds. The molecule has 16 nitrogen and oxygen atoms in total. The fraction of sp³-hybridized carbons (Fsp3) is 0.490. The highest BCUT2D eigenvalue weighted by atomic mass is 32.2. The van der Waals surface area contributed by atoms with Crippen molar-refractivity contribution in [3.05, 3.63) is 108 Å². The predicted octanol–water partition coefficient (Wildman–Crippen LogP) is 7.67. The van der Waals surface area contributed by atoms with Crippen molar-refractivity contribution < 1.29 is 42.5 Å². The van der Waals surface area contributed by atoms with Crippen LogP contribution < -0.4 is 20.7 Å². The molecule has 2 unspecified atom stereocenters. The number of ether oxygens (including phenoxy) is 4. The molecule has 3 N–H and O–H groups in total. The molecule has 1 aliphatic carbocycles. The number of anilines is 2. The number of allylic oxidation sites excluding steroid dienone is 2. The summed E-state index contributed by atoms with van der Waals surface area (Å²) in [5, 5.41) is 10.4. The van der Waals surface area contributed by atoms with E-state index in [0.29, 0.717) is 95.7 Å². The van der Waals surface area contributed by atoms with Gasteiger partial charge in [-0.2, -0.15) is 0 Å². The Morgan fingerprint density at radius 1 is 0.986 bits per heavy atom. The first kappa shape index (κ1) is 51.5. The number of aromatic nitrogens is 2. The van der Waals surface area contributed by atoms with Crippen molar-refractivity contribution in [1.82, 2.24) is 25.1 Å². The summed E-state index contributed by atoms with van der Waals surface area (Å²) in [6.07, 6.45) is 12.6. The minimum atomic E-state index is -0.858. The van der Waals surface area contributed by atoms with E-state index in [2.05, 4.69) is 58.2 Å². The summed E-state index contributed by atoms with van der Waals surface area (Å²) < 4.78 is 30.5. The highest BCUT2D eigenvalue weighted by Gasteiger charge is 2.45. The predicted molar refractivity (Wildman–Crippen MR) is 267 cm³/mol. The number of hydrogen-bond acceptors (Lipinski definition) is 16. The lowest BCUT2D eigenvalue weighted by molar-refractivity contribution is -0.125. The lowest BCUT2D eigenvalue weighted by Crippen LogP contribution is -2.51. The third-order valence-electron chi connectivity index (χ3n) is 11.9. The molecule has 69 heavy (non-hydrogen) atoms. The summed E-state index contributed by atoms with van der Waals surface area (Å²) >= 11 is 3.34. The van der Waals surface area contributed by atoms with Gasteiger partial charge in [-0.1, -0.05) is 63.0 Å². The standard InChI is InChI=1S/C51H65N7O9S2/c1-34-14-19-42(47(60)55-34)58-48(61)40-12-7-13-41(46(40)49(58)62)52-20-23-63-25-27-65-28-26-64-24-22-57(5)21-8-10-37(59)29-35-15-17-38(18-16-35)66-39-11-6-9-36(30-39)56-50-54-32-45(69-50)68-33-44-53-31-43(67-44)51(2,3)4/h7-8,10,12-13,15-18,31-32,36,39,42,52H,1,6,9,11,14,19-30,33H2,2-5H3,(H,54,56)(H,55,60)/b10-8+/t36-,39?,42?/m1/s1. The second-order valence-electron chi connectivity index (χ2n) is 18.5. The maximum absolute atomic E-state index is 13.3. The quantitative estimate of drug-likeness (QED) is 0.0241. The molecule has 0 spiro atoms. The summed E-state index contributed by atoms with van der Waals surface area (Å²) in [7, 11) is 1.98. The molecule has 18 heteroatoms. The van der Waals surface area contributed by atoms with Gasteiger partial charge in [-0.15, -0.1) is 11.8 Å². The molecule has 0 bridgehead atoms. The Morgan fingerprint density at radius 2 is 1.75 bits per heavy atom. The number of likely N-dealkylation sites (N-methyl/N-ethyl adjacent to an activating group) is 1. The molecular weight excluding hydrogens is 919 g/mol. The number of hydrogen-bond donors (Lipinski definition) is 3. The third-order valence-corrected chi connectivity index (χ3v) is 14.0. The average Bonchev–Trinajstić information content (AvgIpc) is 4.05. The molecule has 4 aromatic rings. The van der Waals surface area contributed by atoms with Crippen LogP contribution in [0.1, 0.15) is 97.2 Å². The van der Waals surface area contributed by atoms with E-state index >= 15 is 0 Å². The molecule has 7 rings (SSSR count). The number of carbonyl (C=O) groups excluding carboxylic acids is 4. The number of oxazole rings is 1. The molecule has 370 valence electrons. The number of thiazole rings is 1. The fourth-order valence-corrected chi connectivity index (χ4v) is 9.97. The number of carbonyl (C=O) groups is 4. The molecule has 1 saturated heterocycles. The second-order valence-corrected chi connectivity index (χ2v) is 20.8. The van der Waals surface area contributed by atoms with Crippen molar-refractivity contribution in [3.63, 3.8) is 0 Å². The number of rotatable bonds is 26. The Hall–Kier alpha value is -5.37. The highest BCUT2D eigenvalue weighted by Crippen LogP contribution is 2.35. The van der Waals surface area contributed by atoms with Gasteiger partial charge in [0.05, 0.1) is 73.1 Å². The van der Waals surface area contributed by atoms with Gasteiger partial charge in [-0.3, -0.25) is 24.1 Å². The maximum Gasteiger partial charge on any atom is 0.264 e. The lowest BCUT2D eigenvalue weighted by Gasteiger charge is -2.30. The molecule has 3 aliphatic rings. The van der Waals surface area contributed by atoms with Gasteiger partial charge in [-0.05, 0) is 75.1 Å². The largest absolute Gasteiger partial charge is 0.490 e. The van der Waals surface area contributed by atoms with Gasteiger partial charge >= 0.3 is 0 Å². The monoisotopic (exact) mass is 983 g/mol. The summed E-state index contributed by atoms with van der Waals surface area (Å²) in [6, 6.07) is 12.3. The number of fused-ring (bicyclic) bond motifs is 1. The summed E-state index contributed by atoms with van der Waals surface area (Å²) in [5.74, 6) is 1.80. The van der Waals surface area contributed by atoms with E-state index in [4.69, 9.17) is 23.4 Å². The number of ketones is 1. The van der Waals surface area contributed by atoms with Gasteiger partial charge in [0.15, 0.2) is 10.9 Å². The zero-order valence-electron chi connectivity index (χ0n) is 40.1. The fourth-order valence-electron chi connectivity index (χ4n) is 8.16. The van der Waals surface area contributed by atoms with Gasteiger partial charge in [0.1, 0.15) is 23.7 Å². The number of nitrogens with zero attached hydrogens (tertiary/aromatic N) is 4. The minimum Gasteiger partial charge on any atom is -0.490 e. The molecule has 2 fully saturated rings. The first-order valence-corrected chi connectivity index (χ1v) is 25.5. The van der Waals surface area contributed by atoms with E-state index in [0.717, 1.165) is 62.9 Å². The van der Waals surface area contributed by atoms with Crippen LogP contribution in [0.15, 0.2) is 87.9 Å². The van der Waals surface area contributed by atoms with Crippen molar-refractivity contribution >= 4 is 57.4 Å². The first-order chi connectivity index (χ1) is 33.3. The average molecular weight is 984 g/mol. The normalized spacial score (nSPS) is 18.6. The van der Waals surface area contributed by atoms with Crippen molar-refractivity contribution in [3.8, 4) is 5.75 Å². The van der Waals surface area contributed by atoms with Crippen LogP contribution in [-0.2, 0) is 41.4 Å². The molecule has 0 radical (unpaired) electrons. The van der Waals surface area contributed by atoms with E-state index in [1.54, 1.807) is 47.4 Å². The maximum atomic E-state index is 13.3. The van der Waals surface area contributed by atoms with Crippen LogP contribution in [0, 0.1) is 0 Å². The van der Waals surface area contributed by atoms with Crippen molar-refractivity contribution in [2.24, 2.45) is 0 Å². The molecule has 2 aliphatic heterocycles. The Kier molecular flexibility index (Phi) is 18.6. The van der Waals surface area contributed by atoms with Crippen LogP contribution in [-0.4, -0.2) is 128 Å². The summed E-state index contributed by atoms with van der Waals surface area (Å²) in [6.45, 7) is 14.4. The van der Waals surface area contributed by atoms with Crippen LogP contribution in [0.5, 0.6) is 5.75 Å². The zero-order valence-corrected chi connectivity index (χ0v) is 41.7. The number of imide groups is 1. The van der Waals surface area contributed by atoms with Gasteiger partial charge in [0.2, 0.25) is 11.8 Å². The summed E-state index contributed by atoms with van der Waals surface area (Å²) in [5.41, 5.74) is 2.54. The number of benzene rings is 2. The molecule has 3 atom stereocenters. The smallest absolute Gasteiger partial charge is 0.264 e. The highest BCUT2D eigenvalue weighted by molar-refractivity contribution is 8.00. The Balaban J connectivity index is 0.689. The van der Waals surface area contributed by atoms with Crippen LogP contribution in [0.25, 0.3) is 0 Å². The van der Waals surface area contributed by atoms with Gasteiger partial charge in [0, 0.05) is 55.3 Å². The van der Waals surface area contributed by atoms with E-state index in [9.17, 15) is 19.2 Å². The lowest BCUT2D eigenvalue weighted by atomic mass is 9.93. The Labute approximate surface area is 413 Å². The van der Waals surface area contributed by atoms with E-state index in [1.807, 2.05) is 49.8 Å².